The van der Waals surface area contributed by atoms with Gasteiger partial charge in [0.25, 0.3) is 5.91 Å². The minimum absolute atomic E-state index is 0.0346. The highest BCUT2D eigenvalue weighted by Crippen LogP contribution is 2.25. The Bertz CT molecular complexity index is 1680. The number of likely N-dealkylation sites (N-methyl/N-ethyl adjacent to an activating group) is 1. The highest BCUT2D eigenvalue weighted by Gasteiger charge is 2.44. The molecule has 8 atom stereocenters. The third-order valence-electron chi connectivity index (χ3n) is 10.5. The second kappa shape index (κ2) is 21.5. The molecular formula is C43H67N5O12. The number of fused-ring (bicyclic) bond motifs is 1. The van der Waals surface area contributed by atoms with Crippen LogP contribution < -0.4 is 20.7 Å². The fourth-order valence-electron chi connectivity index (χ4n) is 7.29. The summed E-state index contributed by atoms with van der Waals surface area (Å²) in [6.45, 7) is 17.0. The Morgan fingerprint density at radius 1 is 0.933 bits per heavy atom. The van der Waals surface area contributed by atoms with Gasteiger partial charge < -0.3 is 49.8 Å². The molecule has 0 unspecified atom stereocenters. The van der Waals surface area contributed by atoms with Crippen LogP contribution in [0.3, 0.4) is 0 Å². The lowest BCUT2D eigenvalue weighted by Gasteiger charge is -2.35. The number of carbonyl (C=O) groups is 7. The van der Waals surface area contributed by atoms with Gasteiger partial charge in [0.15, 0.2) is 6.10 Å². The summed E-state index contributed by atoms with van der Waals surface area (Å²) >= 11 is 0. The smallest absolute Gasteiger partial charge is 0.408 e. The molecule has 0 saturated carbocycles. The Morgan fingerprint density at radius 3 is 2.12 bits per heavy atom. The summed E-state index contributed by atoms with van der Waals surface area (Å²) in [6, 6.07) is 0.832. The van der Waals surface area contributed by atoms with E-state index in [4.69, 9.17) is 18.9 Å². The molecule has 5 amide bonds. The van der Waals surface area contributed by atoms with Crippen molar-refractivity contribution in [3.63, 3.8) is 0 Å². The van der Waals surface area contributed by atoms with Crippen molar-refractivity contribution in [3.8, 4) is 5.75 Å². The van der Waals surface area contributed by atoms with Gasteiger partial charge >= 0.3 is 18.0 Å². The number of benzene rings is 1. The van der Waals surface area contributed by atoms with Crippen molar-refractivity contribution in [2.75, 3.05) is 20.7 Å². The van der Waals surface area contributed by atoms with Gasteiger partial charge in [0.05, 0.1) is 25.7 Å². The summed E-state index contributed by atoms with van der Waals surface area (Å²) in [4.78, 5) is 100. The van der Waals surface area contributed by atoms with Gasteiger partial charge in [-0.25, -0.2) is 9.59 Å². The fraction of sp³-hybridized carbons (Fsp3) is 0.698. The van der Waals surface area contributed by atoms with Gasteiger partial charge in [-0.15, -0.1) is 0 Å². The Balaban J connectivity index is 2.18. The van der Waals surface area contributed by atoms with E-state index in [0.29, 0.717) is 17.7 Å². The molecule has 0 bridgehead atoms. The quantitative estimate of drug-likeness (QED) is 0.219. The maximum Gasteiger partial charge on any atom is 0.408 e. The summed E-state index contributed by atoms with van der Waals surface area (Å²) < 4.78 is 22.3. The Labute approximate surface area is 353 Å². The van der Waals surface area contributed by atoms with Crippen LogP contribution in [0.2, 0.25) is 0 Å². The van der Waals surface area contributed by atoms with Gasteiger partial charge in [-0.2, -0.15) is 0 Å². The molecule has 17 nitrogen and oxygen atoms in total. The Hall–Kier alpha value is -4.93. The number of aliphatic hydroxyl groups is 1. The molecule has 2 aliphatic heterocycles. The summed E-state index contributed by atoms with van der Waals surface area (Å²) in [6.07, 6.45) is -4.93. The van der Waals surface area contributed by atoms with Crippen molar-refractivity contribution in [3.05, 3.63) is 29.8 Å². The normalized spacial score (nSPS) is 27.1. The van der Waals surface area contributed by atoms with Crippen molar-refractivity contribution in [1.82, 2.24) is 25.8 Å². The van der Waals surface area contributed by atoms with E-state index in [2.05, 4.69) is 16.0 Å². The fourth-order valence-corrected chi connectivity index (χ4v) is 7.29. The standard InChI is InChI=1S/C43H67N5O12/c1-23(2)20-29-39(53)48-19-13-14-30(48)40(54)47(11)31(21-27-15-17-28(57-12)18-16-27)41(55)58-26(7)35(46-42(56)60-43(8,9)10)37(51)45-34(24(3)4)32(49)22-33(50)59-36(25(5)6)38(52)44-29/h15-18,23-26,29-32,34-36,49H,13-14,19-22H2,1-12H3,(H,44,52)(H,45,51)(H,46,56)/t26-,29+,30+,31+,32+,34-,35-,36+/m1/s1. The molecule has 0 radical (unpaired) electrons. The number of alkyl carbamates (subject to hydrolysis) is 1. The zero-order valence-electron chi connectivity index (χ0n) is 37.2. The zero-order chi connectivity index (χ0) is 45.2. The first kappa shape index (κ1) is 49.4. The van der Waals surface area contributed by atoms with Crippen LogP contribution in [0.15, 0.2) is 24.3 Å². The molecule has 1 aromatic carbocycles. The number of ether oxygens (including phenoxy) is 4. The van der Waals surface area contributed by atoms with E-state index in [1.54, 1.807) is 72.7 Å². The first-order chi connectivity index (χ1) is 27.9. The Kier molecular flexibility index (Phi) is 17.8. The van der Waals surface area contributed by atoms with E-state index in [1.165, 1.54) is 30.9 Å². The average molecular weight is 846 g/mol. The van der Waals surface area contributed by atoms with E-state index in [0.717, 1.165) is 0 Å². The number of cyclic esters (lactones) is 2. The number of nitrogens with zero attached hydrogens (tertiary/aromatic N) is 2. The van der Waals surface area contributed by atoms with E-state index >= 15 is 0 Å². The molecule has 2 heterocycles. The molecule has 17 heteroatoms. The van der Waals surface area contributed by atoms with Gasteiger partial charge in [0, 0.05) is 20.0 Å². The molecule has 0 spiro atoms. The van der Waals surface area contributed by atoms with Crippen molar-refractivity contribution in [1.29, 1.82) is 0 Å². The maximum absolute atomic E-state index is 14.5. The van der Waals surface area contributed by atoms with Gasteiger partial charge in [0.2, 0.25) is 17.7 Å². The van der Waals surface area contributed by atoms with Crippen LogP contribution in [-0.4, -0.2) is 131 Å². The minimum Gasteiger partial charge on any atom is -0.497 e. The number of nitrogens with one attached hydrogen (secondary N) is 3. The van der Waals surface area contributed by atoms with Crippen LogP contribution in [0, 0.1) is 17.8 Å². The first-order valence-electron chi connectivity index (χ1n) is 20.8. The van der Waals surface area contributed by atoms with Crippen LogP contribution >= 0.6 is 0 Å². The summed E-state index contributed by atoms with van der Waals surface area (Å²) in [5.74, 6) is -5.00. The molecule has 2 saturated heterocycles. The molecule has 2 aliphatic rings. The van der Waals surface area contributed by atoms with E-state index < -0.39 is 114 Å². The summed E-state index contributed by atoms with van der Waals surface area (Å²) in [5, 5.41) is 19.3. The van der Waals surface area contributed by atoms with E-state index in [-0.39, 0.29) is 31.7 Å². The van der Waals surface area contributed by atoms with E-state index in [1.807, 2.05) is 13.8 Å². The van der Waals surface area contributed by atoms with Gasteiger partial charge in [-0.05, 0) is 82.4 Å². The van der Waals surface area contributed by atoms with Gasteiger partial charge in [-0.1, -0.05) is 53.7 Å². The molecule has 3 rings (SSSR count). The number of aliphatic hydroxyl groups excluding tert-OH is 1. The second-order valence-corrected chi connectivity index (χ2v) is 17.9. The molecule has 4 N–H and O–H groups in total. The lowest BCUT2D eigenvalue weighted by Crippen LogP contribution is -2.59. The summed E-state index contributed by atoms with van der Waals surface area (Å²) in [5.41, 5.74) is -0.327. The maximum atomic E-state index is 14.5. The number of carbonyl (C=O) groups excluding carboxylic acids is 7. The van der Waals surface area contributed by atoms with Crippen molar-refractivity contribution < 1.29 is 57.6 Å². The highest BCUT2D eigenvalue weighted by atomic mass is 16.6. The molecular weight excluding hydrogens is 778 g/mol. The first-order valence-corrected chi connectivity index (χ1v) is 20.8. The monoisotopic (exact) mass is 845 g/mol. The predicted octanol–water partition coefficient (Wildman–Crippen LogP) is 2.88. The molecule has 336 valence electrons. The molecule has 1 aromatic rings. The summed E-state index contributed by atoms with van der Waals surface area (Å²) in [7, 11) is 2.95. The third-order valence-corrected chi connectivity index (χ3v) is 10.5. The van der Waals surface area contributed by atoms with Crippen molar-refractivity contribution in [2.45, 2.75) is 155 Å². The van der Waals surface area contributed by atoms with Gasteiger partial charge in [-0.3, -0.25) is 24.0 Å². The highest BCUT2D eigenvalue weighted by molar-refractivity contribution is 5.95. The van der Waals surface area contributed by atoms with Crippen molar-refractivity contribution in [2.24, 2.45) is 17.8 Å². The number of rotatable bonds is 8. The van der Waals surface area contributed by atoms with E-state index in [9.17, 15) is 38.7 Å². The zero-order valence-corrected chi connectivity index (χ0v) is 37.2. The van der Waals surface area contributed by atoms with Crippen LogP contribution in [0.4, 0.5) is 4.79 Å². The van der Waals surface area contributed by atoms with Crippen LogP contribution in [0.25, 0.3) is 0 Å². The third kappa shape index (κ3) is 13.8. The largest absolute Gasteiger partial charge is 0.497 e. The predicted molar refractivity (Wildman–Crippen MR) is 220 cm³/mol. The lowest BCUT2D eigenvalue weighted by atomic mass is 9.95. The topological polar surface area (TPSA) is 219 Å². The minimum atomic E-state index is -1.59. The molecule has 2 fully saturated rings. The molecule has 60 heavy (non-hydrogen) atoms. The number of esters is 2. The number of hydrogen-bond donors (Lipinski definition) is 4. The van der Waals surface area contributed by atoms with Crippen LogP contribution in [0.5, 0.6) is 5.75 Å². The molecule has 0 aliphatic carbocycles. The molecule has 0 aromatic heterocycles. The number of methoxy groups -OCH3 is 1. The SMILES string of the molecule is COc1ccc(C[C@H]2C(=O)O[C@H](C)[C@@H](NC(=O)OC(C)(C)C)C(=O)N[C@H](C(C)C)[C@@H](O)CC(=O)O[C@@H](C(C)C)C(=O)N[C@@H](CC(C)C)C(=O)N3CCC[C@H]3C(=O)N2C)cc1. The number of hydrogen-bond acceptors (Lipinski definition) is 12. The van der Waals surface area contributed by atoms with Crippen LogP contribution in [-0.2, 0) is 49.4 Å². The van der Waals surface area contributed by atoms with Gasteiger partial charge in [0.1, 0.15) is 41.6 Å². The lowest BCUT2D eigenvalue weighted by molar-refractivity contribution is -0.162. The van der Waals surface area contributed by atoms with Crippen LogP contribution in [0.1, 0.15) is 100 Å². The van der Waals surface area contributed by atoms with Crippen molar-refractivity contribution >= 4 is 41.7 Å². The Morgan fingerprint density at radius 2 is 1.57 bits per heavy atom. The second-order valence-electron chi connectivity index (χ2n) is 17.9. The number of amides is 5. The average Bonchev–Trinajstić information content (AvgIpc) is 3.64.